The molecule has 0 heterocycles. The molecule has 0 spiro atoms. The van der Waals surface area contributed by atoms with E-state index >= 15 is 0 Å². The number of carbonyl (C=O) groups is 2. The second-order valence-electron chi connectivity index (χ2n) is 4.81. The number of hydrogen-bond acceptors (Lipinski definition) is 4. The number of nitrogens with one attached hydrogen (secondary N) is 2. The van der Waals surface area contributed by atoms with Gasteiger partial charge >= 0.3 is 11.8 Å². The average molecular weight is 390 g/mol. The van der Waals surface area contributed by atoms with E-state index in [1.165, 1.54) is 18.3 Å². The van der Waals surface area contributed by atoms with Crippen molar-refractivity contribution >= 4 is 46.9 Å². The lowest BCUT2D eigenvalue weighted by Crippen LogP contribution is -2.32. The van der Waals surface area contributed by atoms with Crippen molar-refractivity contribution in [2.24, 2.45) is 5.10 Å². The van der Waals surface area contributed by atoms with E-state index in [1.54, 1.807) is 30.3 Å². The lowest BCUT2D eigenvalue weighted by Gasteiger charge is -2.07. The molecule has 0 aliphatic rings. The van der Waals surface area contributed by atoms with Gasteiger partial charge in [-0.3, -0.25) is 9.59 Å². The third-order valence-corrected chi connectivity index (χ3v) is 3.55. The van der Waals surface area contributed by atoms with Gasteiger partial charge in [-0.2, -0.15) is 5.10 Å². The number of anilines is 1. The smallest absolute Gasteiger partial charge is 0.329 e. The molecule has 0 bridgehead atoms. The van der Waals surface area contributed by atoms with Crippen molar-refractivity contribution < 1.29 is 14.3 Å². The minimum atomic E-state index is -0.973. The molecule has 8 heteroatoms. The average Bonchev–Trinajstić information content (AvgIpc) is 2.63. The van der Waals surface area contributed by atoms with Gasteiger partial charge in [0.05, 0.1) is 16.9 Å². The van der Waals surface area contributed by atoms with Crippen LogP contribution in [0, 0.1) is 12.3 Å². The fourth-order valence-electron chi connectivity index (χ4n) is 1.82. The van der Waals surface area contributed by atoms with Crippen molar-refractivity contribution in [1.82, 2.24) is 5.43 Å². The molecule has 0 aromatic heterocycles. The molecule has 2 amide bonds. The molecule has 132 valence electrons. The van der Waals surface area contributed by atoms with Gasteiger partial charge in [0.1, 0.15) is 12.4 Å². The Hall–Kier alpha value is -3.01. The molecule has 0 fully saturated rings. The summed E-state index contributed by atoms with van der Waals surface area (Å²) >= 11 is 11.7. The number of ether oxygens (including phenoxy) is 1. The number of terminal acetylenes is 1. The third kappa shape index (κ3) is 5.52. The molecule has 2 aromatic rings. The van der Waals surface area contributed by atoms with Crippen molar-refractivity contribution in [2.75, 3.05) is 11.9 Å². The molecule has 0 saturated carbocycles. The van der Waals surface area contributed by atoms with E-state index in [-0.39, 0.29) is 17.3 Å². The Kier molecular flexibility index (Phi) is 7.03. The molecule has 0 saturated heterocycles. The van der Waals surface area contributed by atoms with Crippen LogP contribution in [0.25, 0.3) is 0 Å². The van der Waals surface area contributed by atoms with E-state index in [1.807, 2.05) is 0 Å². The lowest BCUT2D eigenvalue weighted by atomic mass is 10.2. The monoisotopic (exact) mass is 389 g/mol. The molecule has 0 aliphatic carbocycles. The Morgan fingerprint density at radius 2 is 1.96 bits per heavy atom. The van der Waals surface area contributed by atoms with Gasteiger partial charge in [-0.1, -0.05) is 41.3 Å². The summed E-state index contributed by atoms with van der Waals surface area (Å²) in [6, 6.07) is 11.4. The van der Waals surface area contributed by atoms with Crippen LogP contribution in [0.4, 0.5) is 5.69 Å². The summed E-state index contributed by atoms with van der Waals surface area (Å²) < 4.78 is 5.35. The molecule has 2 aromatic carbocycles. The first kappa shape index (κ1) is 19.3. The van der Waals surface area contributed by atoms with E-state index < -0.39 is 11.8 Å². The van der Waals surface area contributed by atoms with Crippen molar-refractivity contribution in [3.8, 4) is 18.1 Å². The zero-order valence-electron chi connectivity index (χ0n) is 13.3. The zero-order chi connectivity index (χ0) is 18.9. The number of rotatable bonds is 5. The molecular weight excluding hydrogens is 377 g/mol. The maximum Gasteiger partial charge on any atom is 0.329 e. The van der Waals surface area contributed by atoms with Crippen LogP contribution < -0.4 is 15.5 Å². The Morgan fingerprint density at radius 3 is 2.73 bits per heavy atom. The largest absolute Gasteiger partial charge is 0.480 e. The van der Waals surface area contributed by atoms with E-state index in [9.17, 15) is 9.59 Å². The number of halogens is 2. The number of amides is 2. The van der Waals surface area contributed by atoms with Crippen LogP contribution in [0.5, 0.6) is 5.75 Å². The van der Waals surface area contributed by atoms with Crippen molar-refractivity contribution in [3.63, 3.8) is 0 Å². The molecule has 0 radical (unpaired) electrons. The fraction of sp³-hybridized carbons (Fsp3) is 0.0556. The zero-order valence-corrected chi connectivity index (χ0v) is 14.8. The van der Waals surface area contributed by atoms with Gasteiger partial charge in [0.2, 0.25) is 0 Å². The number of hydrogen-bond donors (Lipinski definition) is 2. The standard InChI is InChI=1S/C18H13Cl2N3O3/c1-2-9-26-16-6-4-3-5-12(16)11-21-23-18(25)17(24)22-15-10-13(19)7-8-14(15)20/h1,3-8,10-11H,9H2,(H,22,24)(H,23,25)/b21-11-. The summed E-state index contributed by atoms with van der Waals surface area (Å²) in [4.78, 5) is 23.7. The summed E-state index contributed by atoms with van der Waals surface area (Å²) in [7, 11) is 0. The van der Waals surface area contributed by atoms with Gasteiger partial charge < -0.3 is 10.1 Å². The number of hydrazone groups is 1. The maximum atomic E-state index is 11.9. The highest BCUT2D eigenvalue weighted by Crippen LogP contribution is 2.25. The van der Waals surface area contributed by atoms with Crippen LogP contribution in [0.1, 0.15) is 5.56 Å². The van der Waals surface area contributed by atoms with Crippen molar-refractivity contribution in [2.45, 2.75) is 0 Å². The van der Waals surface area contributed by atoms with E-state index in [0.29, 0.717) is 16.3 Å². The topological polar surface area (TPSA) is 79.8 Å². The van der Waals surface area contributed by atoms with E-state index in [2.05, 4.69) is 21.8 Å². The molecule has 0 aliphatic heterocycles. The molecule has 6 nitrogen and oxygen atoms in total. The number of benzene rings is 2. The molecule has 26 heavy (non-hydrogen) atoms. The van der Waals surface area contributed by atoms with Gasteiger partial charge in [0.15, 0.2) is 0 Å². The predicted molar refractivity (Wildman–Crippen MR) is 102 cm³/mol. The highest BCUT2D eigenvalue weighted by molar-refractivity contribution is 6.42. The van der Waals surface area contributed by atoms with E-state index in [0.717, 1.165) is 0 Å². The van der Waals surface area contributed by atoms with Crippen molar-refractivity contribution in [3.05, 3.63) is 58.1 Å². The van der Waals surface area contributed by atoms with Crippen LogP contribution in [0.15, 0.2) is 47.6 Å². The molecule has 2 rings (SSSR count). The Labute approximate surface area is 160 Å². The van der Waals surface area contributed by atoms with Crippen LogP contribution in [0.3, 0.4) is 0 Å². The second kappa shape index (κ2) is 9.47. The lowest BCUT2D eigenvalue weighted by molar-refractivity contribution is -0.136. The minimum Gasteiger partial charge on any atom is -0.480 e. The highest BCUT2D eigenvalue weighted by Gasteiger charge is 2.14. The summed E-state index contributed by atoms with van der Waals surface area (Å²) in [5, 5.41) is 6.70. The summed E-state index contributed by atoms with van der Waals surface area (Å²) in [6.45, 7) is 0.0972. The first-order valence-corrected chi connectivity index (χ1v) is 8.01. The SMILES string of the molecule is C#CCOc1ccccc1/C=N\NC(=O)C(=O)Nc1cc(Cl)ccc1Cl. The van der Waals surface area contributed by atoms with Crippen LogP contribution >= 0.6 is 23.2 Å². The van der Waals surface area contributed by atoms with Gasteiger partial charge in [-0.15, -0.1) is 6.42 Å². The van der Waals surface area contributed by atoms with E-state index in [4.69, 9.17) is 34.4 Å². The molecular formula is C18H13Cl2N3O3. The molecule has 0 unspecified atom stereocenters. The van der Waals surface area contributed by atoms with Gasteiger partial charge in [0, 0.05) is 10.6 Å². The van der Waals surface area contributed by atoms with Crippen LogP contribution in [-0.4, -0.2) is 24.6 Å². The molecule has 0 atom stereocenters. The van der Waals surface area contributed by atoms with Crippen molar-refractivity contribution in [1.29, 1.82) is 0 Å². The third-order valence-electron chi connectivity index (χ3n) is 2.98. The fourth-order valence-corrected chi connectivity index (χ4v) is 2.16. The predicted octanol–water partition coefficient (Wildman–Crippen LogP) is 3.09. The summed E-state index contributed by atoms with van der Waals surface area (Å²) in [5.41, 5.74) is 2.92. The number of carbonyl (C=O) groups excluding carboxylic acids is 2. The normalized spacial score (nSPS) is 10.2. The quantitative estimate of drug-likeness (QED) is 0.356. The maximum absolute atomic E-state index is 11.9. The van der Waals surface area contributed by atoms with Gasteiger partial charge in [-0.25, -0.2) is 5.43 Å². The second-order valence-corrected chi connectivity index (χ2v) is 5.65. The minimum absolute atomic E-state index is 0.0972. The summed E-state index contributed by atoms with van der Waals surface area (Å²) in [5.74, 6) is 0.939. The Morgan fingerprint density at radius 1 is 1.19 bits per heavy atom. The number of nitrogens with zero attached hydrogens (tertiary/aromatic N) is 1. The first-order chi connectivity index (χ1) is 12.5. The first-order valence-electron chi connectivity index (χ1n) is 7.26. The number of para-hydroxylation sites is 1. The van der Waals surface area contributed by atoms with Gasteiger partial charge in [-0.05, 0) is 30.3 Å². The van der Waals surface area contributed by atoms with Crippen LogP contribution in [0.2, 0.25) is 10.0 Å². The Bertz CT molecular complexity index is 891. The summed E-state index contributed by atoms with van der Waals surface area (Å²) in [6.07, 6.45) is 6.49. The highest BCUT2D eigenvalue weighted by atomic mass is 35.5. The molecule has 2 N–H and O–H groups in total. The van der Waals surface area contributed by atoms with Crippen LogP contribution in [-0.2, 0) is 9.59 Å². The van der Waals surface area contributed by atoms with Gasteiger partial charge in [0.25, 0.3) is 0 Å². The Balaban J connectivity index is 1.98.